The van der Waals surface area contributed by atoms with Crippen LogP contribution in [0, 0.1) is 23.0 Å². The minimum Gasteiger partial charge on any atom is -0.440 e. The molecule has 42 heavy (non-hydrogen) atoms. The molecule has 0 radical (unpaired) electrons. The summed E-state index contributed by atoms with van der Waals surface area (Å²) in [6, 6.07) is 1.83. The number of hydrogen-bond donors (Lipinski definition) is 3. The number of oxazole rings is 1. The van der Waals surface area contributed by atoms with Gasteiger partial charge in [-0.2, -0.15) is 5.54 Å². The summed E-state index contributed by atoms with van der Waals surface area (Å²) < 4.78 is 48.0. The third-order valence-electron chi connectivity index (χ3n) is 6.74. The van der Waals surface area contributed by atoms with Gasteiger partial charge in [0.2, 0.25) is 11.8 Å². The zero-order valence-corrected chi connectivity index (χ0v) is 25.9. The highest BCUT2D eigenvalue weighted by Crippen LogP contribution is 2.42. The fourth-order valence-electron chi connectivity index (χ4n) is 4.61. The molecule has 234 valence electrons. The lowest BCUT2D eigenvalue weighted by molar-refractivity contribution is -0.140. The highest BCUT2D eigenvalue weighted by atomic mass is 19.2. The SMILES string of the molecule is C/C=C(\C)Cc1oc(-c2cc(F)ccc2F)nc1C(N(CC1CNCC1NF)C(=O)CO)C(C)(C)C.C=CC=C.CC. The molecule has 1 amide bonds. The van der Waals surface area contributed by atoms with Crippen molar-refractivity contribution in [3.05, 3.63) is 78.2 Å². The van der Waals surface area contributed by atoms with Crippen LogP contribution in [0.25, 0.3) is 11.5 Å². The first-order chi connectivity index (χ1) is 19.9. The van der Waals surface area contributed by atoms with Gasteiger partial charge < -0.3 is 19.7 Å². The molecule has 3 atom stereocenters. The van der Waals surface area contributed by atoms with Crippen molar-refractivity contribution < 1.29 is 27.6 Å². The average Bonchev–Trinajstić information content (AvgIpc) is 3.60. The van der Waals surface area contributed by atoms with Gasteiger partial charge in [0.05, 0.1) is 17.6 Å². The molecule has 0 aliphatic carbocycles. The first-order valence-electron chi connectivity index (χ1n) is 14.2. The summed E-state index contributed by atoms with van der Waals surface area (Å²) in [4.78, 5) is 19.2. The lowest BCUT2D eigenvalue weighted by Gasteiger charge is -2.41. The van der Waals surface area contributed by atoms with Crippen molar-refractivity contribution in [2.45, 2.75) is 67.0 Å². The van der Waals surface area contributed by atoms with E-state index in [-0.39, 0.29) is 23.9 Å². The van der Waals surface area contributed by atoms with Crippen LogP contribution in [0.4, 0.5) is 13.3 Å². The fraction of sp³-hybridized carbons (Fsp3) is 0.500. The van der Waals surface area contributed by atoms with E-state index in [0.29, 0.717) is 31.0 Å². The molecule has 7 nitrogen and oxygen atoms in total. The van der Waals surface area contributed by atoms with Crippen molar-refractivity contribution in [3.63, 3.8) is 0 Å². The Balaban J connectivity index is 0.00000135. The van der Waals surface area contributed by atoms with E-state index in [4.69, 9.17) is 4.42 Å². The monoisotopic (exact) mass is 592 g/mol. The van der Waals surface area contributed by atoms with Crippen molar-refractivity contribution in [2.24, 2.45) is 11.3 Å². The van der Waals surface area contributed by atoms with Gasteiger partial charge in [-0.3, -0.25) is 4.79 Å². The maximum Gasteiger partial charge on any atom is 0.248 e. The highest BCUT2D eigenvalue weighted by molar-refractivity contribution is 5.78. The summed E-state index contributed by atoms with van der Waals surface area (Å²) in [5.41, 5.74) is 2.40. The van der Waals surface area contributed by atoms with E-state index < -0.39 is 41.6 Å². The Kier molecular flexibility index (Phi) is 15.5. The van der Waals surface area contributed by atoms with Crippen molar-refractivity contribution >= 4 is 5.91 Å². The van der Waals surface area contributed by atoms with Crippen molar-refractivity contribution in [1.82, 2.24) is 20.7 Å². The largest absolute Gasteiger partial charge is 0.440 e. The number of nitrogens with one attached hydrogen (secondary N) is 2. The number of aliphatic hydroxyl groups is 1. The predicted octanol–water partition coefficient (Wildman–Crippen LogP) is 6.48. The van der Waals surface area contributed by atoms with E-state index >= 15 is 0 Å². The van der Waals surface area contributed by atoms with E-state index in [9.17, 15) is 23.2 Å². The second-order valence-electron chi connectivity index (χ2n) is 10.8. The number of amides is 1. The number of allylic oxidation sites excluding steroid dienone is 4. The summed E-state index contributed by atoms with van der Waals surface area (Å²) in [5.74, 6) is -1.83. The van der Waals surface area contributed by atoms with Gasteiger partial charge in [0, 0.05) is 32.0 Å². The first-order valence-corrected chi connectivity index (χ1v) is 14.2. The molecule has 1 aromatic heterocycles. The Morgan fingerprint density at radius 1 is 1.26 bits per heavy atom. The number of benzene rings is 1. The molecule has 2 aromatic rings. The molecule has 1 saturated heterocycles. The molecule has 1 aliphatic rings. The Bertz CT molecular complexity index is 1180. The molecule has 3 rings (SSSR count). The normalized spacial score (nSPS) is 17.4. The van der Waals surface area contributed by atoms with Crippen LogP contribution >= 0.6 is 0 Å². The van der Waals surface area contributed by atoms with Gasteiger partial charge in [0.15, 0.2) is 0 Å². The van der Waals surface area contributed by atoms with Gasteiger partial charge in [0.25, 0.3) is 0 Å². The molecule has 0 bridgehead atoms. The number of carbonyl (C=O) groups is 1. The Labute approximate surface area is 248 Å². The lowest BCUT2D eigenvalue weighted by Crippen LogP contribution is -2.48. The fourth-order valence-corrected chi connectivity index (χ4v) is 4.61. The van der Waals surface area contributed by atoms with Crippen molar-refractivity contribution in [2.75, 3.05) is 26.2 Å². The van der Waals surface area contributed by atoms with Crippen LogP contribution < -0.4 is 10.9 Å². The highest BCUT2D eigenvalue weighted by Gasteiger charge is 2.41. The second kappa shape index (κ2) is 17.7. The summed E-state index contributed by atoms with van der Waals surface area (Å²) >= 11 is 0. The number of aliphatic hydroxyl groups excluding tert-OH is 1. The Morgan fingerprint density at radius 2 is 1.90 bits per heavy atom. The number of carbonyl (C=O) groups excluding carboxylic acids is 1. The zero-order chi connectivity index (χ0) is 32.0. The summed E-state index contributed by atoms with van der Waals surface area (Å²) in [7, 11) is 0. The molecule has 0 spiro atoms. The van der Waals surface area contributed by atoms with E-state index in [1.165, 1.54) is 4.90 Å². The van der Waals surface area contributed by atoms with Crippen LogP contribution in [0.5, 0.6) is 0 Å². The summed E-state index contributed by atoms with van der Waals surface area (Å²) in [6.45, 7) is 20.5. The van der Waals surface area contributed by atoms with Crippen LogP contribution in [0.15, 0.2) is 59.6 Å². The second-order valence-corrected chi connectivity index (χ2v) is 10.8. The molecule has 3 N–H and O–H groups in total. The van der Waals surface area contributed by atoms with E-state index in [1.54, 1.807) is 17.7 Å². The topological polar surface area (TPSA) is 90.6 Å². The Morgan fingerprint density at radius 3 is 2.43 bits per heavy atom. The minimum absolute atomic E-state index is 0.0996. The van der Waals surface area contributed by atoms with Crippen LogP contribution in [0.2, 0.25) is 0 Å². The van der Waals surface area contributed by atoms with Crippen LogP contribution in [0.1, 0.15) is 66.0 Å². The lowest BCUT2D eigenvalue weighted by atomic mass is 9.81. The van der Waals surface area contributed by atoms with Gasteiger partial charge in [-0.25, -0.2) is 13.8 Å². The molecule has 2 heterocycles. The number of aromatic nitrogens is 1. The smallest absolute Gasteiger partial charge is 0.248 e. The predicted molar refractivity (Wildman–Crippen MR) is 162 cm³/mol. The molecule has 1 aliphatic heterocycles. The first kappa shape index (κ1) is 36.8. The quantitative estimate of drug-likeness (QED) is 0.166. The van der Waals surface area contributed by atoms with Gasteiger partial charge in [-0.15, -0.1) is 4.48 Å². The van der Waals surface area contributed by atoms with Crippen LogP contribution in [-0.4, -0.2) is 53.2 Å². The maximum atomic E-state index is 14.6. The third-order valence-corrected chi connectivity index (χ3v) is 6.74. The zero-order valence-electron chi connectivity index (χ0n) is 25.9. The number of halogens is 3. The van der Waals surface area contributed by atoms with Gasteiger partial charge in [0.1, 0.15) is 29.7 Å². The molecule has 3 unspecified atom stereocenters. The molecule has 0 saturated carbocycles. The van der Waals surface area contributed by atoms with Gasteiger partial charge >= 0.3 is 0 Å². The number of hydrogen-bond acceptors (Lipinski definition) is 6. The standard InChI is InChI=1S/C26H35F3N4O3.C4H6.C2H6/c1-6-15(2)9-21-23(31-25(36-21)18-10-17(27)7-8-19(18)28)24(26(3,4)5)33(22(35)14-34)13-16-11-30-12-20(16)32-29;1-3-4-2;1-2/h6-8,10,16,20,24,30,32,34H,9,11-14H2,1-5H3;3-4H,1-2H2;1-2H3/b15-6+;;. The van der Waals surface area contributed by atoms with Crippen molar-refractivity contribution in [3.8, 4) is 11.5 Å². The van der Waals surface area contributed by atoms with E-state index in [1.807, 2.05) is 54.5 Å². The average molecular weight is 593 g/mol. The van der Waals surface area contributed by atoms with E-state index in [2.05, 4.69) is 23.5 Å². The molecule has 10 heteroatoms. The van der Waals surface area contributed by atoms with Crippen LogP contribution in [-0.2, 0) is 11.2 Å². The Hall–Kier alpha value is -3.21. The minimum atomic E-state index is -0.743. The molecular weight excluding hydrogens is 545 g/mol. The maximum absolute atomic E-state index is 14.6. The number of nitrogens with zero attached hydrogens (tertiary/aromatic N) is 2. The molecule has 1 aromatic carbocycles. The van der Waals surface area contributed by atoms with Gasteiger partial charge in [-0.05, 0) is 37.5 Å². The third kappa shape index (κ3) is 9.96. The van der Waals surface area contributed by atoms with E-state index in [0.717, 1.165) is 23.8 Å². The summed E-state index contributed by atoms with van der Waals surface area (Å²) in [5, 5.41) is 12.9. The molecular formula is C32H47F3N4O3. The summed E-state index contributed by atoms with van der Waals surface area (Å²) in [6.07, 6.45) is 5.52. The van der Waals surface area contributed by atoms with Gasteiger partial charge in [-0.1, -0.05) is 71.6 Å². The van der Waals surface area contributed by atoms with Crippen LogP contribution in [0.3, 0.4) is 0 Å². The van der Waals surface area contributed by atoms with Crippen molar-refractivity contribution in [1.29, 1.82) is 0 Å². The molecule has 1 fully saturated rings. The number of rotatable bonds is 10.